The minimum Gasteiger partial charge on any atom is -0.355 e. The first-order chi connectivity index (χ1) is 8.84. The average molecular weight is 309 g/mol. The van der Waals surface area contributed by atoms with Crippen molar-refractivity contribution < 1.29 is 17.6 Å². The summed E-state index contributed by atoms with van der Waals surface area (Å²) < 4.78 is 37.0. The van der Waals surface area contributed by atoms with E-state index in [1.165, 1.54) is 25.2 Å². The molecule has 0 fully saturated rings. The first-order valence-electron chi connectivity index (χ1n) is 5.46. The van der Waals surface area contributed by atoms with Crippen LogP contribution < -0.4 is 10.0 Å². The lowest BCUT2D eigenvalue weighted by Crippen LogP contribution is -2.35. The summed E-state index contributed by atoms with van der Waals surface area (Å²) in [6.45, 7) is 0.226. The van der Waals surface area contributed by atoms with E-state index in [-0.39, 0.29) is 11.6 Å². The molecule has 106 valence electrons. The summed E-state index contributed by atoms with van der Waals surface area (Å²) in [5.74, 6) is -1.66. The van der Waals surface area contributed by atoms with E-state index in [4.69, 9.17) is 11.6 Å². The van der Waals surface area contributed by atoms with Crippen LogP contribution in [0.25, 0.3) is 0 Å². The van der Waals surface area contributed by atoms with Crippen molar-refractivity contribution in [2.24, 2.45) is 0 Å². The number of benzene rings is 1. The molecule has 0 radical (unpaired) electrons. The number of hydrogen-bond donors (Lipinski definition) is 2. The molecule has 1 aromatic carbocycles. The largest absolute Gasteiger partial charge is 0.355 e. The number of amides is 1. The molecule has 2 N–H and O–H groups in total. The lowest BCUT2D eigenvalue weighted by atomic mass is 10.1. The maximum atomic E-state index is 12.8. The van der Waals surface area contributed by atoms with Crippen LogP contribution in [0.3, 0.4) is 0 Å². The van der Waals surface area contributed by atoms with Gasteiger partial charge in [0.2, 0.25) is 15.9 Å². The third kappa shape index (κ3) is 5.54. The molecule has 0 spiro atoms. The summed E-state index contributed by atoms with van der Waals surface area (Å²) in [5.41, 5.74) is 0.680. The molecule has 19 heavy (non-hydrogen) atoms. The van der Waals surface area contributed by atoms with Crippen molar-refractivity contribution in [2.45, 2.75) is 6.42 Å². The van der Waals surface area contributed by atoms with Gasteiger partial charge in [-0.25, -0.2) is 17.5 Å². The van der Waals surface area contributed by atoms with Gasteiger partial charge in [-0.2, -0.15) is 0 Å². The van der Waals surface area contributed by atoms with E-state index < -0.39 is 27.5 Å². The first-order valence-corrected chi connectivity index (χ1v) is 7.49. The second kappa shape index (κ2) is 6.83. The molecule has 0 heterocycles. The normalized spacial score (nSPS) is 11.3. The Bertz CT molecular complexity index is 563. The Morgan fingerprint density at radius 2 is 2.11 bits per heavy atom. The van der Waals surface area contributed by atoms with Gasteiger partial charge in [-0.3, -0.25) is 4.79 Å². The van der Waals surface area contributed by atoms with Crippen LogP contribution >= 0.6 is 11.6 Å². The van der Waals surface area contributed by atoms with Crippen molar-refractivity contribution in [2.75, 3.05) is 19.3 Å². The van der Waals surface area contributed by atoms with Crippen LogP contribution in [0.1, 0.15) is 5.56 Å². The van der Waals surface area contributed by atoms with Gasteiger partial charge >= 0.3 is 0 Å². The van der Waals surface area contributed by atoms with Crippen molar-refractivity contribution in [3.63, 3.8) is 0 Å². The Morgan fingerprint density at radius 1 is 1.42 bits per heavy atom. The lowest BCUT2D eigenvalue weighted by Gasteiger charge is -2.07. The molecule has 1 aromatic rings. The Kier molecular flexibility index (Phi) is 5.71. The van der Waals surface area contributed by atoms with Gasteiger partial charge in [0.05, 0.1) is 0 Å². The number of hydrogen-bond acceptors (Lipinski definition) is 3. The van der Waals surface area contributed by atoms with Gasteiger partial charge in [0.15, 0.2) is 0 Å². The van der Waals surface area contributed by atoms with E-state index in [0.29, 0.717) is 12.0 Å². The van der Waals surface area contributed by atoms with E-state index in [1.807, 2.05) is 4.72 Å². The molecule has 0 saturated heterocycles. The van der Waals surface area contributed by atoms with Crippen molar-refractivity contribution in [1.82, 2.24) is 10.0 Å². The van der Waals surface area contributed by atoms with E-state index in [2.05, 4.69) is 5.32 Å². The molecule has 5 nitrogen and oxygen atoms in total. The number of halogens is 2. The van der Waals surface area contributed by atoms with Crippen LogP contribution in [-0.4, -0.2) is 33.7 Å². The second-order valence-electron chi connectivity index (χ2n) is 3.80. The molecular formula is C11H14ClFN2O3S. The summed E-state index contributed by atoms with van der Waals surface area (Å²) in [6.07, 6.45) is 0.393. The van der Waals surface area contributed by atoms with Gasteiger partial charge in [0.25, 0.3) is 0 Å². The SMILES string of the molecule is CNS(=O)(=O)CC(=O)NCCc1ccc(F)cc1Cl. The fourth-order valence-corrected chi connectivity index (χ4v) is 2.21. The molecule has 0 unspecified atom stereocenters. The number of carbonyl (C=O) groups is 1. The lowest BCUT2D eigenvalue weighted by molar-refractivity contribution is -0.118. The summed E-state index contributed by atoms with van der Waals surface area (Å²) in [4.78, 5) is 11.3. The van der Waals surface area contributed by atoms with Gasteiger partial charge in [-0.1, -0.05) is 17.7 Å². The predicted octanol–water partition coefficient (Wildman–Crippen LogP) is 0.687. The van der Waals surface area contributed by atoms with E-state index in [1.54, 1.807) is 0 Å². The molecule has 8 heteroatoms. The molecule has 0 atom stereocenters. The second-order valence-corrected chi connectivity index (χ2v) is 6.13. The quantitative estimate of drug-likeness (QED) is 0.812. The van der Waals surface area contributed by atoms with Crippen LogP contribution in [0.2, 0.25) is 5.02 Å². The molecule has 1 rings (SSSR count). The van der Waals surface area contributed by atoms with E-state index in [9.17, 15) is 17.6 Å². The topological polar surface area (TPSA) is 75.3 Å². The summed E-state index contributed by atoms with van der Waals surface area (Å²) in [6, 6.07) is 3.98. The third-order valence-electron chi connectivity index (χ3n) is 2.36. The average Bonchev–Trinajstić information content (AvgIpc) is 2.31. The first kappa shape index (κ1) is 15.9. The van der Waals surface area contributed by atoms with Crippen molar-refractivity contribution in [1.29, 1.82) is 0 Å². The van der Waals surface area contributed by atoms with Crippen LogP contribution in [0.15, 0.2) is 18.2 Å². The number of nitrogens with one attached hydrogen (secondary N) is 2. The Balaban J connectivity index is 2.44. The molecule has 0 saturated carbocycles. The molecule has 0 aromatic heterocycles. The van der Waals surface area contributed by atoms with Crippen molar-refractivity contribution in [3.05, 3.63) is 34.6 Å². The zero-order chi connectivity index (χ0) is 14.5. The smallest absolute Gasteiger partial charge is 0.236 e. The summed E-state index contributed by atoms with van der Waals surface area (Å²) >= 11 is 5.82. The van der Waals surface area contributed by atoms with Crippen LogP contribution in [0, 0.1) is 5.82 Å². The molecule has 0 bridgehead atoms. The van der Waals surface area contributed by atoms with Gasteiger partial charge in [-0.05, 0) is 31.2 Å². The van der Waals surface area contributed by atoms with Gasteiger partial charge in [0, 0.05) is 11.6 Å². The summed E-state index contributed by atoms with van der Waals surface area (Å²) in [7, 11) is -2.33. The fraction of sp³-hybridized carbons (Fsp3) is 0.364. The minimum absolute atomic E-state index is 0.226. The minimum atomic E-state index is -3.57. The monoisotopic (exact) mass is 308 g/mol. The number of sulfonamides is 1. The maximum absolute atomic E-state index is 12.8. The summed E-state index contributed by atoms with van der Waals surface area (Å²) in [5, 5.41) is 2.73. The third-order valence-corrected chi connectivity index (χ3v) is 3.98. The standard InChI is InChI=1S/C11H14ClFN2O3S/c1-14-19(17,18)7-11(16)15-5-4-8-2-3-9(13)6-10(8)12/h2-3,6,14H,4-5,7H2,1H3,(H,15,16). The highest BCUT2D eigenvalue weighted by Crippen LogP contribution is 2.17. The van der Waals surface area contributed by atoms with Gasteiger partial charge < -0.3 is 5.32 Å². The molecule has 1 amide bonds. The number of carbonyl (C=O) groups excluding carboxylic acids is 1. The zero-order valence-corrected chi connectivity index (χ0v) is 11.8. The van der Waals surface area contributed by atoms with Crippen LogP contribution in [0.5, 0.6) is 0 Å². The van der Waals surface area contributed by atoms with Gasteiger partial charge in [0.1, 0.15) is 11.6 Å². The molecule has 0 aliphatic rings. The maximum Gasteiger partial charge on any atom is 0.236 e. The predicted molar refractivity (Wildman–Crippen MR) is 71.0 cm³/mol. The fourth-order valence-electron chi connectivity index (χ4n) is 1.36. The van der Waals surface area contributed by atoms with E-state index in [0.717, 1.165) is 0 Å². The Morgan fingerprint density at radius 3 is 2.68 bits per heavy atom. The Labute approximate surface area is 116 Å². The highest BCUT2D eigenvalue weighted by atomic mass is 35.5. The molecular weight excluding hydrogens is 295 g/mol. The van der Waals surface area contributed by atoms with Crippen LogP contribution in [0.4, 0.5) is 4.39 Å². The van der Waals surface area contributed by atoms with E-state index >= 15 is 0 Å². The highest BCUT2D eigenvalue weighted by molar-refractivity contribution is 7.90. The zero-order valence-electron chi connectivity index (χ0n) is 10.2. The Hall–Kier alpha value is -1.18. The van der Waals surface area contributed by atoms with Crippen molar-refractivity contribution in [3.8, 4) is 0 Å². The highest BCUT2D eigenvalue weighted by Gasteiger charge is 2.13. The number of rotatable bonds is 6. The molecule has 0 aliphatic heterocycles. The molecule has 0 aliphatic carbocycles. The van der Waals surface area contributed by atoms with Gasteiger partial charge in [-0.15, -0.1) is 0 Å². The van der Waals surface area contributed by atoms with Crippen LogP contribution in [-0.2, 0) is 21.2 Å². The van der Waals surface area contributed by atoms with Crippen molar-refractivity contribution >= 4 is 27.5 Å².